The molecule has 1 aliphatic heterocycles. The summed E-state index contributed by atoms with van der Waals surface area (Å²) in [6, 6.07) is 0. The van der Waals surface area contributed by atoms with Crippen molar-refractivity contribution in [1.82, 2.24) is 9.97 Å². The highest BCUT2D eigenvalue weighted by Gasteiger charge is 2.31. The molecule has 9 heteroatoms. The molecule has 1 fully saturated rings. The summed E-state index contributed by atoms with van der Waals surface area (Å²) >= 11 is 0. The van der Waals surface area contributed by atoms with Crippen molar-refractivity contribution in [1.29, 1.82) is 0 Å². The Balaban J connectivity index is 2.15. The largest absolute Gasteiger partial charge is 0.378 e. The van der Waals surface area contributed by atoms with Gasteiger partial charge in [-0.1, -0.05) is 13.8 Å². The van der Waals surface area contributed by atoms with Gasteiger partial charge in [0.25, 0.3) is 0 Å². The van der Waals surface area contributed by atoms with Gasteiger partial charge in [-0.15, -0.1) is 0 Å². The predicted molar refractivity (Wildman–Crippen MR) is 108 cm³/mol. The predicted octanol–water partition coefficient (Wildman–Crippen LogP) is 1.18. The normalized spacial score (nSPS) is 20.1. The van der Waals surface area contributed by atoms with E-state index >= 15 is 0 Å². The second kappa shape index (κ2) is 9.68. The van der Waals surface area contributed by atoms with Crippen LogP contribution in [0.5, 0.6) is 0 Å². The molecule has 0 saturated carbocycles. The number of anilines is 3. The molecule has 0 radical (unpaired) electrons. The fourth-order valence-corrected chi connectivity index (χ4v) is 3.91. The van der Waals surface area contributed by atoms with Gasteiger partial charge in [0.05, 0.1) is 24.6 Å². The van der Waals surface area contributed by atoms with Gasteiger partial charge in [-0.05, 0) is 32.1 Å². The number of hydrogen-bond donors (Lipinski definition) is 3. The number of nitrogens with one attached hydrogen (secondary N) is 2. The molecule has 1 aromatic rings. The Kier molecular flexibility index (Phi) is 7.58. The zero-order valence-corrected chi connectivity index (χ0v) is 17.0. The zero-order valence-electron chi connectivity index (χ0n) is 17.0. The minimum atomic E-state index is -0.470. The molecule has 1 aromatic heterocycles. The van der Waals surface area contributed by atoms with Gasteiger partial charge in [-0.2, -0.15) is 9.97 Å². The van der Waals surface area contributed by atoms with Crippen LogP contribution in [-0.4, -0.2) is 54.2 Å². The van der Waals surface area contributed by atoms with E-state index in [1.165, 1.54) is 4.90 Å². The monoisotopic (exact) mass is 380 g/mol. The molecule has 0 aromatic carbocycles. The number of aromatic nitrogens is 2. The topological polar surface area (TPSA) is 115 Å². The quantitative estimate of drug-likeness (QED) is 0.335. The van der Waals surface area contributed by atoms with E-state index in [4.69, 9.17) is 5.73 Å². The number of nitrogens with two attached hydrogens (primary N) is 1. The van der Waals surface area contributed by atoms with Crippen LogP contribution in [0, 0.1) is 22.0 Å². The standard InChI is InChI=1S/C18H33N7O2/c1-5-23(6-2)9-7-8-20-18-21-16(19)15(25(26)27)17(22-18)24-11-13(3)10-14(4)12-24/h13-14H,5-12H2,1-4H3,(H3,19,20,21,22)/p+1/t13-,14-/m0/s1. The summed E-state index contributed by atoms with van der Waals surface area (Å²) in [4.78, 5) is 23.2. The van der Waals surface area contributed by atoms with E-state index in [1.54, 1.807) is 0 Å². The highest BCUT2D eigenvalue weighted by atomic mass is 16.6. The number of rotatable bonds is 9. The van der Waals surface area contributed by atoms with E-state index in [1.807, 2.05) is 4.90 Å². The second-order valence-corrected chi connectivity index (χ2v) is 7.70. The SMILES string of the molecule is CC[NH+](CC)CCCNc1nc(N)c([N+](=O)[O-])c(N2C[C@@H](C)C[C@H](C)C2)n1. The Morgan fingerprint density at radius 1 is 1.26 bits per heavy atom. The van der Waals surface area contributed by atoms with Crippen molar-refractivity contribution < 1.29 is 9.82 Å². The van der Waals surface area contributed by atoms with Crippen LogP contribution < -0.4 is 20.9 Å². The molecule has 0 unspecified atom stereocenters. The van der Waals surface area contributed by atoms with E-state index in [0.717, 1.165) is 45.6 Å². The van der Waals surface area contributed by atoms with Crippen LogP contribution in [0.25, 0.3) is 0 Å². The minimum absolute atomic E-state index is 0.0762. The maximum absolute atomic E-state index is 11.6. The van der Waals surface area contributed by atoms with Gasteiger partial charge in [0.15, 0.2) is 0 Å². The molecule has 0 spiro atoms. The average Bonchev–Trinajstić information content (AvgIpc) is 2.60. The highest BCUT2D eigenvalue weighted by molar-refractivity contribution is 5.71. The summed E-state index contributed by atoms with van der Waals surface area (Å²) in [5.74, 6) is 1.54. The molecule has 152 valence electrons. The fourth-order valence-electron chi connectivity index (χ4n) is 3.91. The van der Waals surface area contributed by atoms with Crippen molar-refractivity contribution in [3.05, 3.63) is 10.1 Å². The molecule has 1 saturated heterocycles. The van der Waals surface area contributed by atoms with Crippen LogP contribution >= 0.6 is 0 Å². The van der Waals surface area contributed by atoms with Gasteiger partial charge in [-0.3, -0.25) is 10.1 Å². The summed E-state index contributed by atoms with van der Waals surface area (Å²) < 4.78 is 0. The molecule has 0 aliphatic carbocycles. The van der Waals surface area contributed by atoms with Crippen molar-refractivity contribution in [2.24, 2.45) is 11.8 Å². The third-order valence-corrected chi connectivity index (χ3v) is 5.23. The lowest BCUT2D eigenvalue weighted by Crippen LogP contribution is -3.11. The van der Waals surface area contributed by atoms with Gasteiger partial charge >= 0.3 is 5.69 Å². The van der Waals surface area contributed by atoms with Gasteiger partial charge < -0.3 is 20.9 Å². The van der Waals surface area contributed by atoms with Crippen molar-refractivity contribution >= 4 is 23.3 Å². The first-order valence-electron chi connectivity index (χ1n) is 9.99. The first kappa shape index (κ1) is 21.1. The van der Waals surface area contributed by atoms with Gasteiger partial charge in [0.1, 0.15) is 0 Å². The maximum Gasteiger partial charge on any atom is 0.353 e. The van der Waals surface area contributed by atoms with E-state index < -0.39 is 4.92 Å². The van der Waals surface area contributed by atoms with Crippen molar-refractivity contribution in [3.63, 3.8) is 0 Å². The molecule has 9 nitrogen and oxygen atoms in total. The lowest BCUT2D eigenvalue weighted by atomic mass is 9.92. The molecule has 0 amide bonds. The number of hydrogen-bond acceptors (Lipinski definition) is 7. The molecular formula is C18H34N7O2+. The number of quaternary nitrogens is 1. The Morgan fingerprint density at radius 3 is 2.44 bits per heavy atom. The zero-order chi connectivity index (χ0) is 20.0. The van der Waals surface area contributed by atoms with E-state index in [0.29, 0.717) is 30.1 Å². The molecule has 2 rings (SSSR count). The third-order valence-electron chi connectivity index (χ3n) is 5.23. The van der Waals surface area contributed by atoms with Gasteiger partial charge in [0.2, 0.25) is 17.6 Å². The van der Waals surface area contributed by atoms with Crippen LogP contribution in [-0.2, 0) is 0 Å². The first-order valence-corrected chi connectivity index (χ1v) is 9.99. The van der Waals surface area contributed by atoms with E-state index in [9.17, 15) is 10.1 Å². The lowest BCUT2D eigenvalue weighted by molar-refractivity contribution is -0.896. The van der Waals surface area contributed by atoms with Crippen molar-refractivity contribution in [2.45, 2.75) is 40.5 Å². The molecule has 0 bridgehead atoms. The Hall–Kier alpha value is -2.16. The summed E-state index contributed by atoms with van der Waals surface area (Å²) in [7, 11) is 0. The van der Waals surface area contributed by atoms with Gasteiger partial charge in [-0.25, -0.2) is 0 Å². The van der Waals surface area contributed by atoms with Crippen LogP contribution in [0.2, 0.25) is 0 Å². The fraction of sp³-hybridized carbons (Fsp3) is 0.778. The molecular weight excluding hydrogens is 346 g/mol. The van der Waals surface area contributed by atoms with Crippen LogP contribution in [0.4, 0.5) is 23.3 Å². The number of nitro groups is 1. The lowest BCUT2D eigenvalue weighted by Gasteiger charge is -2.35. The van der Waals surface area contributed by atoms with E-state index in [-0.39, 0.29) is 11.5 Å². The number of nitrogen functional groups attached to an aromatic ring is 1. The van der Waals surface area contributed by atoms with Crippen LogP contribution in [0.1, 0.15) is 40.5 Å². The van der Waals surface area contributed by atoms with Crippen LogP contribution in [0.15, 0.2) is 0 Å². The molecule has 27 heavy (non-hydrogen) atoms. The second-order valence-electron chi connectivity index (χ2n) is 7.70. The summed E-state index contributed by atoms with van der Waals surface area (Å²) in [5.41, 5.74) is 5.75. The summed E-state index contributed by atoms with van der Waals surface area (Å²) in [6.45, 7) is 14.2. The minimum Gasteiger partial charge on any atom is -0.378 e. The summed E-state index contributed by atoms with van der Waals surface area (Å²) in [5, 5.41) is 14.7. The average molecular weight is 381 g/mol. The molecule has 1 aliphatic rings. The number of piperidine rings is 1. The van der Waals surface area contributed by atoms with Crippen molar-refractivity contribution in [2.75, 3.05) is 55.2 Å². The van der Waals surface area contributed by atoms with Crippen molar-refractivity contribution in [3.8, 4) is 0 Å². The maximum atomic E-state index is 11.6. The van der Waals surface area contributed by atoms with Crippen LogP contribution in [0.3, 0.4) is 0 Å². The van der Waals surface area contributed by atoms with Gasteiger partial charge in [0, 0.05) is 26.1 Å². The smallest absolute Gasteiger partial charge is 0.353 e. The number of nitrogens with zero attached hydrogens (tertiary/aromatic N) is 4. The molecule has 2 atom stereocenters. The third kappa shape index (κ3) is 5.66. The molecule has 2 heterocycles. The molecule has 4 N–H and O–H groups in total. The van der Waals surface area contributed by atoms with E-state index in [2.05, 4.69) is 43.0 Å². The Labute approximate surface area is 161 Å². The summed E-state index contributed by atoms with van der Waals surface area (Å²) in [6.07, 6.45) is 2.09. The Bertz CT molecular complexity index is 626. The Morgan fingerprint density at radius 2 is 1.89 bits per heavy atom. The first-order chi connectivity index (χ1) is 12.8. The highest BCUT2D eigenvalue weighted by Crippen LogP contribution is 2.35.